The van der Waals surface area contributed by atoms with Crippen LogP contribution in [0.3, 0.4) is 0 Å². The molecule has 1 aromatic rings. The number of unbranched alkanes of at least 4 members (excludes halogenated alkanes) is 3. The van der Waals surface area contributed by atoms with Crippen molar-refractivity contribution < 1.29 is 9.47 Å². The zero-order chi connectivity index (χ0) is 34.7. The van der Waals surface area contributed by atoms with Crippen LogP contribution in [0.5, 0.6) is 0 Å². The average molecular weight is 672 g/mol. The van der Waals surface area contributed by atoms with E-state index in [4.69, 9.17) is 24.4 Å². The molecular weight excluding hydrogens is 602 g/mol. The Labute approximate surface area is 292 Å². The summed E-state index contributed by atoms with van der Waals surface area (Å²) in [6, 6.07) is 0.935. The smallest absolute Gasteiger partial charge is 0.232 e. The van der Waals surface area contributed by atoms with Gasteiger partial charge in [-0.3, -0.25) is 9.80 Å². The molecule has 274 valence electrons. The quantitative estimate of drug-likeness (QED) is 0.311. The number of piperidine rings is 2. The van der Waals surface area contributed by atoms with Gasteiger partial charge in [0.25, 0.3) is 0 Å². The molecule has 5 rings (SSSR count). The van der Waals surface area contributed by atoms with Gasteiger partial charge in [0.15, 0.2) is 0 Å². The Morgan fingerprint density at radius 2 is 1.06 bits per heavy atom. The van der Waals surface area contributed by atoms with Gasteiger partial charge < -0.3 is 29.5 Å². The molecule has 4 fully saturated rings. The molecule has 0 bridgehead atoms. The van der Waals surface area contributed by atoms with Crippen molar-refractivity contribution in [3.63, 3.8) is 0 Å². The number of hydrogen-bond acceptors (Lipinski definition) is 11. The van der Waals surface area contributed by atoms with E-state index in [2.05, 4.69) is 99.3 Å². The van der Waals surface area contributed by atoms with Crippen LogP contribution in [0.15, 0.2) is 0 Å². The molecule has 0 aliphatic carbocycles. The van der Waals surface area contributed by atoms with Gasteiger partial charge in [0.2, 0.25) is 17.8 Å². The van der Waals surface area contributed by atoms with Crippen molar-refractivity contribution in [2.45, 2.75) is 141 Å². The predicted octanol–water partition coefficient (Wildman–Crippen LogP) is 4.80. The molecule has 48 heavy (non-hydrogen) atoms. The van der Waals surface area contributed by atoms with E-state index in [1.807, 2.05) is 0 Å². The normalized spacial score (nSPS) is 25.4. The largest absolute Gasteiger partial charge is 0.378 e. The fourth-order valence-electron chi connectivity index (χ4n) is 8.85. The molecule has 5 heterocycles. The lowest BCUT2D eigenvalue weighted by Gasteiger charge is -2.55. The first-order valence-electron chi connectivity index (χ1n) is 19.0. The summed E-state index contributed by atoms with van der Waals surface area (Å²) in [4.78, 5) is 27.8. The highest BCUT2D eigenvalue weighted by atomic mass is 16.5. The third-order valence-electron chi connectivity index (χ3n) is 12.2. The zero-order valence-corrected chi connectivity index (χ0v) is 32.3. The van der Waals surface area contributed by atoms with Crippen molar-refractivity contribution in [1.82, 2.24) is 30.1 Å². The number of rotatable bonds is 12. The topological polar surface area (TPSA) is 85.4 Å². The number of aromatic nitrogens is 3. The molecule has 1 aromatic heterocycles. The molecule has 0 radical (unpaired) electrons. The molecule has 0 saturated carbocycles. The molecule has 4 aliphatic rings. The van der Waals surface area contributed by atoms with Crippen molar-refractivity contribution in [3.05, 3.63) is 0 Å². The minimum atomic E-state index is 0.0699. The number of likely N-dealkylation sites (tertiary alicyclic amines) is 2. The second-order valence-corrected chi connectivity index (χ2v) is 17.5. The highest BCUT2D eigenvalue weighted by Crippen LogP contribution is 2.40. The molecular formula is C37H69N9O2. The molecule has 4 saturated heterocycles. The highest BCUT2D eigenvalue weighted by Gasteiger charge is 2.46. The molecule has 11 heteroatoms. The Kier molecular flexibility index (Phi) is 11.9. The van der Waals surface area contributed by atoms with Crippen LogP contribution in [-0.4, -0.2) is 139 Å². The molecule has 0 unspecified atom stereocenters. The summed E-state index contributed by atoms with van der Waals surface area (Å²) in [6.07, 6.45) is 9.35. The van der Waals surface area contributed by atoms with Crippen LogP contribution in [0.1, 0.15) is 107 Å². The molecule has 0 atom stereocenters. The molecule has 1 N–H and O–H groups in total. The Morgan fingerprint density at radius 1 is 0.625 bits per heavy atom. The van der Waals surface area contributed by atoms with E-state index >= 15 is 0 Å². The fourth-order valence-corrected chi connectivity index (χ4v) is 8.85. The van der Waals surface area contributed by atoms with E-state index in [1.165, 1.54) is 32.1 Å². The number of anilines is 3. The van der Waals surface area contributed by atoms with E-state index < -0.39 is 0 Å². The minimum Gasteiger partial charge on any atom is -0.378 e. The summed E-state index contributed by atoms with van der Waals surface area (Å²) in [5.74, 6) is 2.41. The standard InChI is InChI=1S/C37H69N9O2/c1-34(2)25-29(26-35(3,4)42(34)9)38-15-13-11-12-14-16-46(30-27-36(5,6)43(10)37(7,8)28-30)33-40-31(44-17-21-47-22-18-44)39-32(41-33)45-19-23-48-24-20-45/h29-30,38H,11-28H2,1-10H3. The van der Waals surface area contributed by atoms with Crippen LogP contribution < -0.4 is 20.0 Å². The maximum Gasteiger partial charge on any atom is 0.232 e. The van der Waals surface area contributed by atoms with Gasteiger partial charge in [-0.25, -0.2) is 0 Å². The number of morpholine rings is 2. The van der Waals surface area contributed by atoms with E-state index in [9.17, 15) is 0 Å². The van der Waals surface area contributed by atoms with E-state index in [1.54, 1.807) is 0 Å². The van der Waals surface area contributed by atoms with Crippen LogP contribution in [0.2, 0.25) is 0 Å². The second-order valence-electron chi connectivity index (χ2n) is 17.5. The van der Waals surface area contributed by atoms with Crippen molar-refractivity contribution >= 4 is 17.8 Å². The van der Waals surface area contributed by atoms with Gasteiger partial charge in [0.05, 0.1) is 26.4 Å². The van der Waals surface area contributed by atoms with Gasteiger partial charge in [-0.2, -0.15) is 15.0 Å². The van der Waals surface area contributed by atoms with Gasteiger partial charge in [-0.1, -0.05) is 12.8 Å². The van der Waals surface area contributed by atoms with Gasteiger partial charge in [0, 0.05) is 67.0 Å². The first-order valence-corrected chi connectivity index (χ1v) is 19.0. The van der Waals surface area contributed by atoms with Crippen molar-refractivity contribution in [3.8, 4) is 0 Å². The van der Waals surface area contributed by atoms with Crippen LogP contribution in [0.25, 0.3) is 0 Å². The lowest BCUT2D eigenvalue weighted by Crippen LogP contribution is -2.63. The van der Waals surface area contributed by atoms with E-state index in [0.29, 0.717) is 38.5 Å². The molecule has 0 spiro atoms. The Morgan fingerprint density at radius 3 is 1.54 bits per heavy atom. The third-order valence-corrected chi connectivity index (χ3v) is 12.2. The first kappa shape index (κ1) is 37.5. The summed E-state index contributed by atoms with van der Waals surface area (Å²) in [5.41, 5.74) is 0.581. The average Bonchev–Trinajstić information content (AvgIpc) is 3.04. The van der Waals surface area contributed by atoms with Crippen LogP contribution in [-0.2, 0) is 9.47 Å². The van der Waals surface area contributed by atoms with Crippen LogP contribution in [0.4, 0.5) is 17.8 Å². The van der Waals surface area contributed by atoms with Gasteiger partial charge >= 0.3 is 0 Å². The maximum atomic E-state index is 5.69. The number of nitrogens with zero attached hydrogens (tertiary/aromatic N) is 8. The molecule has 4 aliphatic heterocycles. The Bertz CT molecular complexity index is 1110. The molecule has 0 aromatic carbocycles. The fraction of sp³-hybridized carbons (Fsp3) is 0.919. The highest BCUT2D eigenvalue weighted by molar-refractivity contribution is 5.48. The zero-order valence-electron chi connectivity index (χ0n) is 32.3. The third kappa shape index (κ3) is 8.92. The summed E-state index contributed by atoms with van der Waals surface area (Å²) in [7, 11) is 4.58. The van der Waals surface area contributed by atoms with E-state index in [0.717, 1.165) is 76.4 Å². The lowest BCUT2D eigenvalue weighted by atomic mass is 9.77. The summed E-state index contributed by atoms with van der Waals surface area (Å²) in [5, 5.41) is 3.93. The first-order chi connectivity index (χ1) is 22.6. The Hall–Kier alpha value is -1.79. The number of ether oxygens (including phenoxy) is 2. The van der Waals surface area contributed by atoms with Gasteiger partial charge in [-0.05, 0) is 115 Å². The van der Waals surface area contributed by atoms with Crippen molar-refractivity contribution in [1.29, 1.82) is 0 Å². The number of nitrogens with one attached hydrogen (secondary N) is 1. The summed E-state index contributed by atoms with van der Waals surface area (Å²) in [6.45, 7) is 27.2. The summed E-state index contributed by atoms with van der Waals surface area (Å²) >= 11 is 0. The second kappa shape index (κ2) is 15.2. The van der Waals surface area contributed by atoms with Crippen molar-refractivity contribution in [2.24, 2.45) is 0 Å². The van der Waals surface area contributed by atoms with Crippen molar-refractivity contribution in [2.75, 3.05) is 94.5 Å². The molecule has 0 amide bonds. The van der Waals surface area contributed by atoms with Crippen LogP contribution >= 0.6 is 0 Å². The Balaban J connectivity index is 1.28. The summed E-state index contributed by atoms with van der Waals surface area (Å²) < 4.78 is 11.4. The maximum absolute atomic E-state index is 5.69. The monoisotopic (exact) mass is 672 g/mol. The predicted molar refractivity (Wildman–Crippen MR) is 198 cm³/mol. The van der Waals surface area contributed by atoms with Gasteiger partial charge in [0.1, 0.15) is 0 Å². The van der Waals surface area contributed by atoms with Crippen LogP contribution in [0, 0.1) is 0 Å². The SMILES string of the molecule is CN1C(C)(C)CC(NCCCCCCN(c2nc(N3CCOCC3)nc(N3CCOCC3)n2)C2CC(C)(C)N(C)C(C)(C)C2)CC1(C)C. The van der Waals surface area contributed by atoms with Gasteiger partial charge in [-0.15, -0.1) is 0 Å². The molecule has 11 nitrogen and oxygen atoms in total. The van der Waals surface area contributed by atoms with E-state index in [-0.39, 0.29) is 22.2 Å². The number of hydrogen-bond donors (Lipinski definition) is 1. The minimum absolute atomic E-state index is 0.0699. The lowest BCUT2D eigenvalue weighted by molar-refractivity contribution is -0.0180.